The molecule has 2 rings (SSSR count). The summed E-state index contributed by atoms with van der Waals surface area (Å²) in [6.07, 6.45) is 0. The Labute approximate surface area is 165 Å². The van der Waals surface area contributed by atoms with Crippen LogP contribution in [0.4, 0.5) is 5.00 Å². The number of aromatic nitrogens is 2. The number of nitrogens with zero attached hydrogens (tertiary/aromatic N) is 2. The lowest BCUT2D eigenvalue weighted by Gasteiger charge is -2.07. The molecule has 2 aromatic rings. The van der Waals surface area contributed by atoms with Crippen molar-refractivity contribution in [1.82, 2.24) is 9.78 Å². The Morgan fingerprint density at radius 3 is 2.26 bits per heavy atom. The van der Waals surface area contributed by atoms with Crippen LogP contribution in [0.2, 0.25) is 5.02 Å². The third-order valence-corrected chi connectivity index (χ3v) is 5.32. The van der Waals surface area contributed by atoms with E-state index in [9.17, 15) is 14.4 Å². The Morgan fingerprint density at radius 2 is 1.74 bits per heavy atom. The highest BCUT2D eigenvalue weighted by Crippen LogP contribution is 2.35. The summed E-state index contributed by atoms with van der Waals surface area (Å²) >= 11 is 7.10. The van der Waals surface area contributed by atoms with Gasteiger partial charge in [-0.05, 0) is 33.3 Å². The predicted octanol–water partition coefficient (Wildman–Crippen LogP) is 3.36. The van der Waals surface area contributed by atoms with Crippen LogP contribution >= 0.6 is 22.9 Å². The van der Waals surface area contributed by atoms with Gasteiger partial charge in [-0.2, -0.15) is 5.10 Å². The number of rotatable bonds is 6. The van der Waals surface area contributed by atoms with Crippen LogP contribution in [0, 0.1) is 13.8 Å². The number of aryl methyl sites for hydroxylation is 2. The second-order valence-electron chi connectivity index (χ2n) is 5.53. The molecule has 0 aliphatic heterocycles. The zero-order chi connectivity index (χ0) is 20.3. The fourth-order valence-corrected chi connectivity index (χ4v) is 3.81. The Bertz CT molecular complexity index is 903. The van der Waals surface area contributed by atoms with Gasteiger partial charge in [-0.3, -0.25) is 9.48 Å². The van der Waals surface area contributed by atoms with Crippen LogP contribution < -0.4 is 5.32 Å². The van der Waals surface area contributed by atoms with Crippen LogP contribution in [-0.2, 0) is 16.5 Å². The highest BCUT2D eigenvalue weighted by molar-refractivity contribution is 7.18. The Balaban J connectivity index is 2.48. The molecule has 0 bridgehead atoms. The number of nitrogens with one attached hydrogen (secondary N) is 1. The lowest BCUT2D eigenvalue weighted by atomic mass is 10.1. The van der Waals surface area contributed by atoms with Crippen molar-refractivity contribution in [2.75, 3.05) is 18.5 Å². The number of anilines is 1. The fraction of sp³-hybridized carbons (Fsp3) is 0.412. The molecular formula is C17H20ClN3O5S. The molecule has 0 aliphatic carbocycles. The number of amides is 1. The first-order valence-electron chi connectivity index (χ1n) is 8.20. The molecule has 0 atom stereocenters. The molecule has 0 saturated carbocycles. The average molecular weight is 414 g/mol. The van der Waals surface area contributed by atoms with Crippen molar-refractivity contribution in [2.24, 2.45) is 7.05 Å². The first-order valence-corrected chi connectivity index (χ1v) is 9.40. The molecule has 0 aromatic carbocycles. The number of hydrogen-bond acceptors (Lipinski definition) is 7. The van der Waals surface area contributed by atoms with Gasteiger partial charge in [0.25, 0.3) is 5.91 Å². The Hall–Kier alpha value is -2.39. The standard InChI is InChI=1S/C17H20ClN3O5S/c1-6-25-16(23)10-8(3)13(17(24)26-7-2)27-15(10)19-14(22)12-11(18)9(4)20-21(12)5/h6-7H2,1-5H3,(H,19,22). The normalized spacial score (nSPS) is 10.6. The van der Waals surface area contributed by atoms with Crippen LogP contribution in [0.1, 0.15) is 55.6 Å². The predicted molar refractivity (Wildman–Crippen MR) is 102 cm³/mol. The second-order valence-corrected chi connectivity index (χ2v) is 6.93. The van der Waals surface area contributed by atoms with Gasteiger partial charge in [0.2, 0.25) is 0 Å². The van der Waals surface area contributed by atoms with Crippen LogP contribution in [0.5, 0.6) is 0 Å². The Morgan fingerprint density at radius 1 is 1.15 bits per heavy atom. The molecule has 10 heteroatoms. The van der Waals surface area contributed by atoms with E-state index in [-0.39, 0.29) is 39.4 Å². The lowest BCUT2D eigenvalue weighted by molar-refractivity contribution is 0.0527. The van der Waals surface area contributed by atoms with Crippen molar-refractivity contribution in [3.8, 4) is 0 Å². The molecule has 2 heterocycles. The van der Waals surface area contributed by atoms with Crippen LogP contribution in [0.15, 0.2) is 0 Å². The van der Waals surface area contributed by atoms with Gasteiger partial charge in [-0.1, -0.05) is 11.6 Å². The van der Waals surface area contributed by atoms with Crippen molar-refractivity contribution in [3.63, 3.8) is 0 Å². The summed E-state index contributed by atoms with van der Waals surface area (Å²) in [6, 6.07) is 0. The molecule has 0 fully saturated rings. The maximum atomic E-state index is 12.7. The summed E-state index contributed by atoms with van der Waals surface area (Å²) in [4.78, 5) is 37.5. The number of ether oxygens (including phenoxy) is 2. The number of carbonyl (C=O) groups is 3. The van der Waals surface area contributed by atoms with Gasteiger partial charge in [0.15, 0.2) is 0 Å². The van der Waals surface area contributed by atoms with Gasteiger partial charge in [-0.15, -0.1) is 11.3 Å². The molecule has 8 nitrogen and oxygen atoms in total. The van der Waals surface area contributed by atoms with Crippen molar-refractivity contribution < 1.29 is 23.9 Å². The molecule has 27 heavy (non-hydrogen) atoms. The molecule has 1 amide bonds. The van der Waals surface area contributed by atoms with E-state index in [1.54, 1.807) is 34.7 Å². The SMILES string of the molecule is CCOC(=O)c1sc(NC(=O)c2c(Cl)c(C)nn2C)c(C(=O)OCC)c1C. The first-order chi connectivity index (χ1) is 12.7. The number of thiophene rings is 1. The lowest BCUT2D eigenvalue weighted by Crippen LogP contribution is -2.18. The third-order valence-electron chi connectivity index (χ3n) is 3.68. The molecule has 0 radical (unpaired) electrons. The quantitative estimate of drug-likeness (QED) is 0.729. The molecule has 146 valence electrons. The van der Waals surface area contributed by atoms with Crippen molar-refractivity contribution in [2.45, 2.75) is 27.7 Å². The minimum atomic E-state index is -0.635. The third kappa shape index (κ3) is 4.14. The summed E-state index contributed by atoms with van der Waals surface area (Å²) in [7, 11) is 1.59. The Kier molecular flexibility index (Phi) is 6.61. The summed E-state index contributed by atoms with van der Waals surface area (Å²) in [6.45, 7) is 6.98. The second kappa shape index (κ2) is 8.53. The zero-order valence-corrected chi connectivity index (χ0v) is 17.2. The van der Waals surface area contributed by atoms with Gasteiger partial charge in [0.05, 0.1) is 29.5 Å². The zero-order valence-electron chi connectivity index (χ0n) is 15.6. The van der Waals surface area contributed by atoms with Gasteiger partial charge in [-0.25, -0.2) is 9.59 Å². The minimum Gasteiger partial charge on any atom is -0.462 e. The largest absolute Gasteiger partial charge is 0.462 e. The summed E-state index contributed by atoms with van der Waals surface area (Å²) in [5, 5.41) is 7.15. The highest BCUT2D eigenvalue weighted by atomic mass is 35.5. The summed E-state index contributed by atoms with van der Waals surface area (Å²) in [5.41, 5.74) is 1.16. The summed E-state index contributed by atoms with van der Waals surface area (Å²) < 4.78 is 11.4. The number of halogens is 1. The average Bonchev–Trinajstić information content (AvgIpc) is 3.04. The van der Waals surface area contributed by atoms with Crippen molar-refractivity contribution in [3.05, 3.63) is 32.4 Å². The number of hydrogen-bond donors (Lipinski definition) is 1. The highest BCUT2D eigenvalue weighted by Gasteiger charge is 2.28. The van der Waals surface area contributed by atoms with Gasteiger partial charge < -0.3 is 14.8 Å². The fourth-order valence-electron chi connectivity index (χ4n) is 2.48. The molecule has 0 aliphatic rings. The summed E-state index contributed by atoms with van der Waals surface area (Å²) in [5.74, 6) is -1.75. The number of carbonyl (C=O) groups excluding carboxylic acids is 3. The monoisotopic (exact) mass is 413 g/mol. The first kappa shape index (κ1) is 20.9. The maximum Gasteiger partial charge on any atom is 0.348 e. The molecule has 0 spiro atoms. The van der Waals surface area contributed by atoms with E-state index in [1.165, 1.54) is 4.68 Å². The van der Waals surface area contributed by atoms with E-state index in [1.807, 2.05) is 0 Å². The van der Waals surface area contributed by atoms with E-state index in [0.717, 1.165) is 11.3 Å². The van der Waals surface area contributed by atoms with E-state index in [0.29, 0.717) is 11.3 Å². The molecule has 0 unspecified atom stereocenters. The van der Waals surface area contributed by atoms with Gasteiger partial charge >= 0.3 is 11.9 Å². The van der Waals surface area contributed by atoms with E-state index < -0.39 is 17.8 Å². The van der Waals surface area contributed by atoms with Crippen LogP contribution in [0.25, 0.3) is 0 Å². The van der Waals surface area contributed by atoms with Crippen molar-refractivity contribution in [1.29, 1.82) is 0 Å². The molecule has 2 aromatic heterocycles. The topological polar surface area (TPSA) is 99.5 Å². The van der Waals surface area contributed by atoms with Crippen LogP contribution in [-0.4, -0.2) is 40.8 Å². The van der Waals surface area contributed by atoms with Gasteiger partial charge in [0, 0.05) is 7.05 Å². The smallest absolute Gasteiger partial charge is 0.348 e. The minimum absolute atomic E-state index is 0.119. The molecular weight excluding hydrogens is 394 g/mol. The molecule has 0 saturated heterocycles. The van der Waals surface area contributed by atoms with E-state index >= 15 is 0 Å². The number of esters is 2. The molecule has 1 N–H and O–H groups in total. The van der Waals surface area contributed by atoms with Gasteiger partial charge in [0.1, 0.15) is 15.6 Å². The van der Waals surface area contributed by atoms with E-state index in [4.69, 9.17) is 21.1 Å². The van der Waals surface area contributed by atoms with E-state index in [2.05, 4.69) is 10.4 Å². The van der Waals surface area contributed by atoms with Crippen LogP contribution in [0.3, 0.4) is 0 Å². The van der Waals surface area contributed by atoms with Crippen molar-refractivity contribution >= 4 is 45.8 Å². The maximum absolute atomic E-state index is 12.7.